The van der Waals surface area contributed by atoms with Crippen molar-refractivity contribution >= 4 is 40.6 Å². The molecule has 1 aromatic heterocycles. The fourth-order valence-corrected chi connectivity index (χ4v) is 6.56. The summed E-state index contributed by atoms with van der Waals surface area (Å²) in [6, 6.07) is 15.1. The molecule has 1 heterocycles. The average molecular weight is 786 g/mol. The Labute approximate surface area is 320 Å². The van der Waals surface area contributed by atoms with Gasteiger partial charge in [-0.2, -0.15) is 22.0 Å². The van der Waals surface area contributed by atoms with Gasteiger partial charge in [0.05, 0.1) is 23.7 Å². The van der Waals surface area contributed by atoms with Crippen LogP contribution in [0.3, 0.4) is 0 Å². The average Bonchev–Trinajstić information content (AvgIpc) is 3.57. The van der Waals surface area contributed by atoms with Crippen LogP contribution in [0.5, 0.6) is 0 Å². The Morgan fingerprint density at radius 1 is 0.911 bits per heavy atom. The van der Waals surface area contributed by atoms with Crippen molar-refractivity contribution in [1.82, 2.24) is 20.6 Å². The Hall–Kier alpha value is -5.54. The third-order valence-corrected chi connectivity index (χ3v) is 9.54. The van der Waals surface area contributed by atoms with Gasteiger partial charge in [-0.3, -0.25) is 9.59 Å². The molecule has 0 bridgehead atoms. The number of amides is 3. The second-order valence-corrected chi connectivity index (χ2v) is 15.0. The molecular formula is C40H44F5N5O6. The van der Waals surface area contributed by atoms with Gasteiger partial charge in [0, 0.05) is 24.6 Å². The number of halogens is 5. The van der Waals surface area contributed by atoms with E-state index in [0.29, 0.717) is 43.4 Å². The maximum absolute atomic E-state index is 14.0. The number of imidazole rings is 1. The van der Waals surface area contributed by atoms with Crippen LogP contribution in [-0.2, 0) is 31.4 Å². The highest BCUT2D eigenvalue weighted by Gasteiger charge is 2.61. The zero-order valence-electron chi connectivity index (χ0n) is 31.5. The van der Waals surface area contributed by atoms with Gasteiger partial charge in [-0.05, 0) is 112 Å². The minimum Gasteiger partial charge on any atom is -0.465 e. The number of nitrogens with one attached hydrogen (secondary N) is 4. The van der Waals surface area contributed by atoms with E-state index in [9.17, 15) is 41.1 Å². The highest BCUT2D eigenvalue weighted by atomic mass is 19.4. The van der Waals surface area contributed by atoms with Gasteiger partial charge in [0.1, 0.15) is 11.6 Å². The van der Waals surface area contributed by atoms with Crippen LogP contribution < -0.4 is 16.0 Å². The topological polar surface area (TPSA) is 152 Å². The zero-order valence-corrected chi connectivity index (χ0v) is 31.5. The summed E-state index contributed by atoms with van der Waals surface area (Å²) in [6.07, 6.45) is -3.97. The number of aryl methyl sites for hydroxylation is 1. The van der Waals surface area contributed by atoms with Gasteiger partial charge in [-0.15, -0.1) is 0 Å². The van der Waals surface area contributed by atoms with Crippen LogP contribution in [0.1, 0.15) is 73.8 Å². The van der Waals surface area contributed by atoms with Crippen molar-refractivity contribution in [3.8, 4) is 11.1 Å². The van der Waals surface area contributed by atoms with Crippen LogP contribution >= 0.6 is 0 Å². The molecule has 1 saturated carbocycles. The summed E-state index contributed by atoms with van der Waals surface area (Å²) in [6.45, 7) is 7.57. The van der Waals surface area contributed by atoms with E-state index in [1.807, 2.05) is 24.0 Å². The molecule has 16 heteroatoms. The number of aromatic nitrogens is 2. The lowest BCUT2D eigenvalue weighted by atomic mass is 9.81. The summed E-state index contributed by atoms with van der Waals surface area (Å²) < 4.78 is 77.0. The Morgan fingerprint density at radius 3 is 2.20 bits per heavy atom. The van der Waals surface area contributed by atoms with E-state index in [1.54, 1.807) is 51.1 Å². The third kappa shape index (κ3) is 10.2. The number of H-pyrrole nitrogens is 1. The van der Waals surface area contributed by atoms with Crippen molar-refractivity contribution in [2.24, 2.45) is 11.8 Å². The van der Waals surface area contributed by atoms with Gasteiger partial charge in [-0.1, -0.05) is 30.3 Å². The first-order valence-electron chi connectivity index (χ1n) is 18.0. The normalized spacial score (nSPS) is 16.8. The second-order valence-electron chi connectivity index (χ2n) is 15.0. The molecule has 300 valence electrons. The summed E-state index contributed by atoms with van der Waals surface area (Å²) in [4.78, 5) is 56.9. The van der Waals surface area contributed by atoms with E-state index in [4.69, 9.17) is 9.47 Å². The number of anilines is 1. The van der Waals surface area contributed by atoms with E-state index >= 15 is 0 Å². The van der Waals surface area contributed by atoms with Gasteiger partial charge >= 0.3 is 24.2 Å². The summed E-state index contributed by atoms with van der Waals surface area (Å²) >= 11 is 0. The second kappa shape index (κ2) is 16.7. The molecule has 11 nitrogen and oxygen atoms in total. The zero-order chi connectivity index (χ0) is 41.0. The minimum atomic E-state index is -5.87. The van der Waals surface area contributed by atoms with Crippen molar-refractivity contribution in [2.75, 3.05) is 19.0 Å². The number of alkyl halides is 5. The van der Waals surface area contributed by atoms with Crippen molar-refractivity contribution in [1.29, 1.82) is 0 Å². The standard InChI is InChI=1S/C40H44F5N5O6/c1-22-18-27(35(53)55-5)14-16-29(22)25-10-6-23(7-11-25)19-32(48-33(51)26-12-8-24(9-13-26)21-46-37(54)56-38(2,3)4)34(52)47-28-15-17-30-31(20-28)50-36(49-30)39(41,42)40(43,44)45/h6-7,10-11,14-18,20,24,26,32H,8-9,12-13,19,21H2,1-5H3,(H,46,54)(H,47,52)(H,48,51)(H,49,50). The number of benzene rings is 3. The highest BCUT2D eigenvalue weighted by Crippen LogP contribution is 2.43. The number of hydrogen-bond donors (Lipinski definition) is 4. The van der Waals surface area contributed by atoms with Crippen LogP contribution in [0.25, 0.3) is 22.2 Å². The Morgan fingerprint density at radius 2 is 1.59 bits per heavy atom. The van der Waals surface area contributed by atoms with Crippen LogP contribution in [-0.4, -0.2) is 65.3 Å². The smallest absolute Gasteiger partial charge is 0.461 e. The lowest BCUT2D eigenvalue weighted by Crippen LogP contribution is -2.48. The molecule has 0 saturated heterocycles. The van der Waals surface area contributed by atoms with E-state index in [1.165, 1.54) is 25.3 Å². The number of nitrogens with zero attached hydrogens (tertiary/aromatic N) is 1. The van der Waals surface area contributed by atoms with Crippen molar-refractivity contribution < 1.29 is 50.6 Å². The quantitative estimate of drug-likeness (QED) is 0.0890. The van der Waals surface area contributed by atoms with E-state index < -0.39 is 53.5 Å². The first kappa shape index (κ1) is 41.6. The molecule has 4 N–H and O–H groups in total. The van der Waals surface area contributed by atoms with Gasteiger partial charge < -0.3 is 30.4 Å². The lowest BCUT2D eigenvalue weighted by molar-refractivity contribution is -0.292. The van der Waals surface area contributed by atoms with Crippen LogP contribution in [0.15, 0.2) is 60.7 Å². The number of ether oxygens (including phenoxy) is 2. The monoisotopic (exact) mass is 785 g/mol. The van der Waals surface area contributed by atoms with Crippen molar-refractivity contribution in [3.63, 3.8) is 0 Å². The van der Waals surface area contributed by atoms with E-state index in [2.05, 4.69) is 20.9 Å². The van der Waals surface area contributed by atoms with Gasteiger partial charge in [-0.25, -0.2) is 14.6 Å². The maximum atomic E-state index is 14.0. The van der Waals surface area contributed by atoms with Gasteiger partial charge in [0.15, 0.2) is 5.82 Å². The molecule has 1 unspecified atom stereocenters. The molecule has 0 aliphatic heterocycles. The molecule has 1 fully saturated rings. The number of esters is 1. The molecule has 3 aromatic carbocycles. The summed E-state index contributed by atoms with van der Waals surface area (Å²) in [7, 11) is 1.30. The number of alkyl carbamates (subject to hydrolysis) is 1. The molecule has 1 aliphatic carbocycles. The van der Waals surface area contributed by atoms with E-state index in [-0.39, 0.29) is 35.0 Å². The molecule has 1 aliphatic rings. The molecular weight excluding hydrogens is 741 g/mol. The largest absolute Gasteiger partial charge is 0.465 e. The third-order valence-electron chi connectivity index (χ3n) is 9.54. The van der Waals surface area contributed by atoms with Crippen LogP contribution in [0.4, 0.5) is 32.4 Å². The fraction of sp³-hybridized carbons (Fsp3) is 0.425. The predicted molar refractivity (Wildman–Crippen MR) is 198 cm³/mol. The molecule has 0 spiro atoms. The molecule has 3 amide bonds. The minimum absolute atomic E-state index is 0.0571. The van der Waals surface area contributed by atoms with Crippen LogP contribution in [0.2, 0.25) is 0 Å². The Balaban J connectivity index is 1.31. The lowest BCUT2D eigenvalue weighted by Gasteiger charge is -2.29. The van der Waals surface area contributed by atoms with Gasteiger partial charge in [0.25, 0.3) is 0 Å². The number of rotatable bonds is 11. The number of fused-ring (bicyclic) bond motifs is 1. The van der Waals surface area contributed by atoms with E-state index in [0.717, 1.165) is 16.7 Å². The maximum Gasteiger partial charge on any atom is 0.461 e. The summed E-state index contributed by atoms with van der Waals surface area (Å²) in [5.74, 6) is -8.52. The Kier molecular flexibility index (Phi) is 12.4. The van der Waals surface area contributed by atoms with Crippen LogP contribution in [0, 0.1) is 18.8 Å². The summed E-state index contributed by atoms with van der Waals surface area (Å²) in [5.41, 5.74) is 2.76. The fourth-order valence-electron chi connectivity index (χ4n) is 6.56. The molecule has 5 rings (SSSR count). The number of aromatic amines is 1. The Bertz CT molecular complexity index is 2070. The highest BCUT2D eigenvalue weighted by molar-refractivity contribution is 5.99. The number of carbonyl (C=O) groups excluding carboxylic acids is 4. The van der Waals surface area contributed by atoms with Crippen molar-refractivity contribution in [2.45, 2.75) is 83.5 Å². The molecule has 0 radical (unpaired) electrons. The summed E-state index contributed by atoms with van der Waals surface area (Å²) in [5, 5.41) is 8.30. The first-order valence-corrected chi connectivity index (χ1v) is 18.0. The van der Waals surface area contributed by atoms with Gasteiger partial charge in [0.2, 0.25) is 11.8 Å². The predicted octanol–water partition coefficient (Wildman–Crippen LogP) is 7.98. The SMILES string of the molecule is COC(=O)c1ccc(-c2ccc(CC(NC(=O)C3CCC(CNC(=O)OC(C)(C)C)CC3)C(=O)Nc3ccc4nc(C(F)(F)C(F)(F)F)[nH]c4c3)cc2)c(C)c1. The first-order chi connectivity index (χ1) is 26.2. The number of methoxy groups -OCH3 is 1. The number of carbonyl (C=O) groups is 4. The number of hydrogen-bond acceptors (Lipinski definition) is 7. The molecule has 4 aromatic rings. The molecule has 1 atom stereocenters. The molecule has 56 heavy (non-hydrogen) atoms. The van der Waals surface area contributed by atoms with Crippen molar-refractivity contribution in [3.05, 3.63) is 83.2 Å².